The van der Waals surface area contributed by atoms with E-state index in [1.54, 1.807) is 0 Å². The second kappa shape index (κ2) is 9.93. The van der Waals surface area contributed by atoms with E-state index in [4.69, 9.17) is 0 Å². The van der Waals surface area contributed by atoms with Crippen LogP contribution in [0.4, 0.5) is 0 Å². The fourth-order valence-corrected chi connectivity index (χ4v) is 7.13. The molecule has 0 aliphatic carbocycles. The highest BCUT2D eigenvalue weighted by molar-refractivity contribution is 6.24. The molecule has 0 aliphatic rings. The molecule has 0 spiro atoms. The summed E-state index contributed by atoms with van der Waals surface area (Å²) >= 11 is 0. The molecule has 9 aromatic rings. The second-order valence-electron chi connectivity index (χ2n) is 11.7. The van der Waals surface area contributed by atoms with Gasteiger partial charge in [-0.15, -0.1) is 0 Å². The van der Waals surface area contributed by atoms with Crippen LogP contribution in [0.5, 0.6) is 0 Å². The van der Waals surface area contributed by atoms with Gasteiger partial charge in [0, 0.05) is 0 Å². The van der Waals surface area contributed by atoms with E-state index in [2.05, 4.69) is 170 Å². The zero-order valence-electron chi connectivity index (χ0n) is 24.2. The van der Waals surface area contributed by atoms with Crippen molar-refractivity contribution >= 4 is 53.9 Å². The van der Waals surface area contributed by atoms with E-state index >= 15 is 0 Å². The van der Waals surface area contributed by atoms with E-state index in [-0.39, 0.29) is 0 Å². The van der Waals surface area contributed by atoms with Gasteiger partial charge in [-0.25, -0.2) is 0 Å². The average Bonchev–Trinajstić information content (AvgIpc) is 3.09. The molecular weight excluding hydrogens is 528 g/mol. The summed E-state index contributed by atoms with van der Waals surface area (Å²) in [5.74, 6) is 0. The Morgan fingerprint density at radius 3 is 1.23 bits per heavy atom. The minimum Gasteiger partial charge on any atom is -0.0616 e. The third-order valence-electron chi connectivity index (χ3n) is 9.18. The van der Waals surface area contributed by atoms with Crippen molar-refractivity contribution in [3.63, 3.8) is 0 Å². The number of rotatable bonds is 3. The van der Waals surface area contributed by atoms with Gasteiger partial charge in [0.2, 0.25) is 0 Å². The van der Waals surface area contributed by atoms with Gasteiger partial charge in [-0.2, -0.15) is 0 Å². The molecule has 9 aromatic carbocycles. The average molecular weight is 557 g/mol. The van der Waals surface area contributed by atoms with Crippen LogP contribution < -0.4 is 0 Å². The number of benzene rings is 9. The second-order valence-corrected chi connectivity index (χ2v) is 11.7. The summed E-state index contributed by atoms with van der Waals surface area (Å²) in [4.78, 5) is 0. The highest BCUT2D eigenvalue weighted by Gasteiger charge is 2.19. The normalized spacial score (nSPS) is 11.6. The van der Waals surface area contributed by atoms with Crippen LogP contribution >= 0.6 is 0 Å². The van der Waals surface area contributed by atoms with Crippen molar-refractivity contribution in [2.75, 3.05) is 0 Å². The number of fused-ring (bicyclic) bond motifs is 5. The quantitative estimate of drug-likeness (QED) is 0.190. The van der Waals surface area contributed by atoms with Crippen LogP contribution in [-0.4, -0.2) is 0 Å². The summed E-state index contributed by atoms with van der Waals surface area (Å²) in [5, 5.41) is 12.7. The first-order chi connectivity index (χ1) is 21.8. The Kier molecular flexibility index (Phi) is 5.61. The van der Waals surface area contributed by atoms with Crippen LogP contribution in [0.25, 0.3) is 87.2 Å². The molecule has 0 saturated carbocycles. The zero-order valence-corrected chi connectivity index (χ0v) is 24.2. The van der Waals surface area contributed by atoms with Crippen molar-refractivity contribution < 1.29 is 0 Å². The summed E-state index contributed by atoms with van der Waals surface area (Å²) in [5.41, 5.74) is 7.56. The van der Waals surface area contributed by atoms with Gasteiger partial charge < -0.3 is 0 Å². The molecular formula is C44H28. The lowest BCUT2D eigenvalue weighted by molar-refractivity contribution is 1.65. The predicted octanol–water partition coefficient (Wildman–Crippen LogP) is 12.5. The molecule has 0 aliphatic heterocycles. The van der Waals surface area contributed by atoms with E-state index in [1.807, 2.05) is 0 Å². The summed E-state index contributed by atoms with van der Waals surface area (Å²) in [6, 6.07) is 62.4. The number of hydrogen-bond acceptors (Lipinski definition) is 0. The predicted molar refractivity (Wildman–Crippen MR) is 190 cm³/mol. The minimum absolute atomic E-state index is 1.23. The lowest BCUT2D eigenvalue weighted by Crippen LogP contribution is -1.92. The van der Waals surface area contributed by atoms with Gasteiger partial charge in [0.05, 0.1) is 0 Å². The third-order valence-corrected chi connectivity index (χ3v) is 9.18. The summed E-state index contributed by atoms with van der Waals surface area (Å²) in [6.07, 6.45) is 0. The first kappa shape index (κ1) is 24.8. The first-order valence-corrected chi connectivity index (χ1v) is 15.3. The highest BCUT2D eigenvalue weighted by Crippen LogP contribution is 2.46. The van der Waals surface area contributed by atoms with Crippen LogP contribution in [-0.2, 0) is 0 Å². The van der Waals surface area contributed by atoms with Gasteiger partial charge in [0.15, 0.2) is 0 Å². The maximum Gasteiger partial charge on any atom is -0.00199 e. The standard InChI is InChI=1S/C44H28/c1-3-13-31-25-33(23-21-29(31)11-1)36-27-34-15-5-6-16-37(34)42(28-36)44-40-19-9-7-17-38(40)43(39-18-8-10-20-41(39)44)35-24-22-30-12-2-4-14-32(30)26-35/h1-28H. The maximum absolute atomic E-state index is 2.41. The van der Waals surface area contributed by atoms with Crippen molar-refractivity contribution in [3.8, 4) is 33.4 Å². The van der Waals surface area contributed by atoms with Crippen molar-refractivity contribution in [1.29, 1.82) is 0 Å². The molecule has 0 unspecified atom stereocenters. The molecule has 0 N–H and O–H groups in total. The lowest BCUT2D eigenvalue weighted by Gasteiger charge is -2.20. The van der Waals surface area contributed by atoms with E-state index < -0.39 is 0 Å². The zero-order chi connectivity index (χ0) is 29.0. The van der Waals surface area contributed by atoms with Gasteiger partial charge in [0.25, 0.3) is 0 Å². The first-order valence-electron chi connectivity index (χ1n) is 15.3. The Balaban J connectivity index is 1.38. The van der Waals surface area contributed by atoms with E-state index in [0.29, 0.717) is 0 Å². The van der Waals surface area contributed by atoms with Gasteiger partial charge >= 0.3 is 0 Å². The Labute approximate surface area is 256 Å². The topological polar surface area (TPSA) is 0 Å². The van der Waals surface area contributed by atoms with Crippen molar-refractivity contribution in [2.24, 2.45) is 0 Å². The summed E-state index contributed by atoms with van der Waals surface area (Å²) in [7, 11) is 0. The molecule has 0 nitrogen and oxygen atoms in total. The summed E-state index contributed by atoms with van der Waals surface area (Å²) < 4.78 is 0. The lowest BCUT2D eigenvalue weighted by atomic mass is 9.83. The largest absolute Gasteiger partial charge is 0.0616 e. The van der Waals surface area contributed by atoms with Crippen molar-refractivity contribution in [2.45, 2.75) is 0 Å². The van der Waals surface area contributed by atoms with Crippen LogP contribution in [0.3, 0.4) is 0 Å². The smallest absolute Gasteiger partial charge is 0.00199 e. The van der Waals surface area contributed by atoms with Crippen LogP contribution in [0, 0.1) is 0 Å². The van der Waals surface area contributed by atoms with Gasteiger partial charge in [0.1, 0.15) is 0 Å². The van der Waals surface area contributed by atoms with Crippen molar-refractivity contribution in [1.82, 2.24) is 0 Å². The molecule has 0 radical (unpaired) electrons. The Hall–Kier alpha value is -5.72. The Bertz CT molecular complexity index is 2490. The Morgan fingerprint density at radius 2 is 0.636 bits per heavy atom. The fraction of sp³-hybridized carbons (Fsp3) is 0. The molecule has 9 rings (SSSR count). The molecule has 204 valence electrons. The van der Waals surface area contributed by atoms with Crippen LogP contribution in [0.15, 0.2) is 170 Å². The molecule has 0 fully saturated rings. The highest BCUT2D eigenvalue weighted by atomic mass is 14.2. The Morgan fingerprint density at radius 1 is 0.227 bits per heavy atom. The van der Waals surface area contributed by atoms with E-state index in [0.717, 1.165) is 0 Å². The van der Waals surface area contributed by atoms with Gasteiger partial charge in [-0.05, 0) is 112 Å². The summed E-state index contributed by atoms with van der Waals surface area (Å²) in [6.45, 7) is 0. The van der Waals surface area contributed by atoms with Crippen molar-refractivity contribution in [3.05, 3.63) is 170 Å². The molecule has 0 aromatic heterocycles. The van der Waals surface area contributed by atoms with Gasteiger partial charge in [-0.1, -0.05) is 146 Å². The molecule has 0 saturated heterocycles. The molecule has 0 bridgehead atoms. The van der Waals surface area contributed by atoms with E-state index in [1.165, 1.54) is 87.2 Å². The number of hydrogen-bond donors (Lipinski definition) is 0. The van der Waals surface area contributed by atoms with E-state index in [9.17, 15) is 0 Å². The third kappa shape index (κ3) is 3.92. The maximum atomic E-state index is 2.41. The minimum atomic E-state index is 1.23. The molecule has 0 amide bonds. The molecule has 44 heavy (non-hydrogen) atoms. The monoisotopic (exact) mass is 556 g/mol. The van der Waals surface area contributed by atoms with Crippen LogP contribution in [0.2, 0.25) is 0 Å². The molecule has 0 atom stereocenters. The fourth-order valence-electron chi connectivity index (χ4n) is 7.13. The SMILES string of the molecule is c1ccc2cc(-c3cc(-c4c5ccccc5c(-c5ccc6ccccc6c5)c5ccccc45)c4ccccc4c3)ccc2c1. The van der Waals surface area contributed by atoms with Gasteiger partial charge in [-0.3, -0.25) is 0 Å². The molecule has 0 heterocycles. The van der Waals surface area contributed by atoms with Crippen LogP contribution in [0.1, 0.15) is 0 Å². The molecule has 0 heteroatoms.